The number of nitrogens with two attached hydrogens (primary N) is 1. The molecular formula is C15H24N4O2. The molecule has 0 aromatic heterocycles. The molecule has 0 aliphatic carbocycles. The van der Waals surface area contributed by atoms with Crippen LogP contribution >= 0.6 is 0 Å². The summed E-state index contributed by atoms with van der Waals surface area (Å²) in [4.78, 5) is 25.7. The van der Waals surface area contributed by atoms with Crippen LogP contribution in [0.5, 0.6) is 0 Å². The summed E-state index contributed by atoms with van der Waals surface area (Å²) in [6, 6.07) is 0.194. The quantitative estimate of drug-likeness (QED) is 0.676. The molecule has 6 nitrogen and oxygen atoms in total. The van der Waals surface area contributed by atoms with Gasteiger partial charge in [0.05, 0.1) is 0 Å². The van der Waals surface area contributed by atoms with Gasteiger partial charge in [-0.3, -0.25) is 9.59 Å². The maximum atomic E-state index is 12.5. The first-order valence-electron chi connectivity index (χ1n) is 7.60. The second kappa shape index (κ2) is 7.26. The molecule has 2 heterocycles. The summed E-state index contributed by atoms with van der Waals surface area (Å²) in [5.41, 5.74) is 5.68. The van der Waals surface area contributed by atoms with Gasteiger partial charge in [0, 0.05) is 12.5 Å². The average Bonchev–Trinajstić information content (AvgIpc) is 2.49. The lowest BCUT2D eigenvalue weighted by atomic mass is 10.0. The number of piperidine rings is 1. The van der Waals surface area contributed by atoms with Gasteiger partial charge in [0.2, 0.25) is 5.91 Å². The van der Waals surface area contributed by atoms with Gasteiger partial charge in [0.15, 0.2) is 0 Å². The van der Waals surface area contributed by atoms with Crippen molar-refractivity contribution in [2.45, 2.75) is 44.8 Å². The van der Waals surface area contributed by atoms with Crippen LogP contribution in [0.3, 0.4) is 0 Å². The highest BCUT2D eigenvalue weighted by atomic mass is 16.2. The van der Waals surface area contributed by atoms with Crippen LogP contribution in [-0.4, -0.2) is 42.0 Å². The number of amides is 2. The van der Waals surface area contributed by atoms with E-state index in [1.807, 2.05) is 17.9 Å². The molecule has 1 atom stereocenters. The molecule has 0 saturated carbocycles. The molecular weight excluding hydrogens is 268 g/mol. The summed E-state index contributed by atoms with van der Waals surface area (Å²) >= 11 is 0. The first kappa shape index (κ1) is 15.6. The molecule has 6 heteroatoms. The highest BCUT2D eigenvalue weighted by molar-refractivity contribution is 5.92. The molecule has 2 aliphatic heterocycles. The van der Waals surface area contributed by atoms with E-state index in [9.17, 15) is 9.59 Å². The molecule has 116 valence electrons. The first-order valence-corrected chi connectivity index (χ1v) is 7.60. The summed E-state index contributed by atoms with van der Waals surface area (Å²) in [5.74, 6) is -0.380. The Morgan fingerprint density at radius 3 is 2.71 bits per heavy atom. The summed E-state index contributed by atoms with van der Waals surface area (Å²) in [7, 11) is 0. The maximum Gasteiger partial charge on any atom is 0.264 e. The Balaban J connectivity index is 2.15. The van der Waals surface area contributed by atoms with Crippen molar-refractivity contribution in [3.63, 3.8) is 0 Å². The molecule has 0 radical (unpaired) electrons. The molecule has 2 aliphatic rings. The number of primary amides is 1. The van der Waals surface area contributed by atoms with Crippen molar-refractivity contribution in [2.75, 3.05) is 13.1 Å². The van der Waals surface area contributed by atoms with Gasteiger partial charge >= 0.3 is 0 Å². The molecule has 2 rings (SSSR count). The van der Waals surface area contributed by atoms with Crippen LogP contribution in [-0.2, 0) is 9.59 Å². The standard InChI is InChI=1S/C15H24N4O2/c1-2-4-14(20)19(11-7-9-17-10-8-11)13-6-3-5-12(18-13)15(16)21/h3,5-6,11,13,17-18H,2,4,7-10H2,1H3,(H2,16,21). The normalized spacial score (nSPS) is 22.3. The number of allylic oxidation sites excluding steroid dienone is 2. The van der Waals surface area contributed by atoms with E-state index in [1.165, 1.54) is 0 Å². The predicted molar refractivity (Wildman–Crippen MR) is 81.0 cm³/mol. The van der Waals surface area contributed by atoms with Crippen LogP contribution < -0.4 is 16.4 Å². The van der Waals surface area contributed by atoms with Crippen molar-refractivity contribution in [3.8, 4) is 0 Å². The van der Waals surface area contributed by atoms with Gasteiger partial charge in [-0.1, -0.05) is 13.0 Å². The third-order valence-corrected chi connectivity index (χ3v) is 3.88. The number of nitrogens with one attached hydrogen (secondary N) is 2. The van der Waals surface area contributed by atoms with Gasteiger partial charge in [0.25, 0.3) is 5.91 Å². The molecule has 0 bridgehead atoms. The third-order valence-electron chi connectivity index (χ3n) is 3.88. The zero-order valence-electron chi connectivity index (χ0n) is 12.5. The largest absolute Gasteiger partial charge is 0.364 e. The van der Waals surface area contributed by atoms with Crippen LogP contribution in [0.15, 0.2) is 23.9 Å². The van der Waals surface area contributed by atoms with E-state index < -0.39 is 5.91 Å². The lowest BCUT2D eigenvalue weighted by molar-refractivity contribution is -0.136. The van der Waals surface area contributed by atoms with E-state index in [0.717, 1.165) is 32.4 Å². The van der Waals surface area contributed by atoms with Crippen molar-refractivity contribution in [2.24, 2.45) is 5.73 Å². The minimum atomic E-state index is -0.502. The fourth-order valence-corrected chi connectivity index (χ4v) is 2.84. The topological polar surface area (TPSA) is 87.5 Å². The molecule has 1 unspecified atom stereocenters. The lowest BCUT2D eigenvalue weighted by Gasteiger charge is -2.40. The van der Waals surface area contributed by atoms with E-state index in [-0.39, 0.29) is 18.1 Å². The maximum absolute atomic E-state index is 12.5. The van der Waals surface area contributed by atoms with Crippen molar-refractivity contribution >= 4 is 11.8 Å². The minimum absolute atomic E-state index is 0.122. The van der Waals surface area contributed by atoms with E-state index in [0.29, 0.717) is 12.1 Å². The number of nitrogens with zero attached hydrogens (tertiary/aromatic N) is 1. The average molecular weight is 292 g/mol. The van der Waals surface area contributed by atoms with E-state index in [4.69, 9.17) is 5.73 Å². The predicted octanol–water partition coefficient (Wildman–Crippen LogP) is 0.222. The fourth-order valence-electron chi connectivity index (χ4n) is 2.84. The SMILES string of the molecule is CCCC(=O)N(C1CCNCC1)C1C=CC=C(C(N)=O)N1. The van der Waals surface area contributed by atoms with E-state index >= 15 is 0 Å². The van der Waals surface area contributed by atoms with Gasteiger partial charge in [0.1, 0.15) is 11.9 Å². The molecule has 1 saturated heterocycles. The highest BCUT2D eigenvalue weighted by Gasteiger charge is 2.31. The van der Waals surface area contributed by atoms with E-state index in [2.05, 4.69) is 10.6 Å². The van der Waals surface area contributed by atoms with Gasteiger partial charge in [-0.05, 0) is 44.5 Å². The Hall–Kier alpha value is -1.82. The number of hydrogen-bond acceptors (Lipinski definition) is 4. The molecule has 4 N–H and O–H groups in total. The molecule has 1 fully saturated rings. The second-order valence-electron chi connectivity index (χ2n) is 5.45. The Kier molecular flexibility index (Phi) is 5.38. The first-order chi connectivity index (χ1) is 10.1. The number of rotatable bonds is 5. The van der Waals surface area contributed by atoms with Crippen molar-refractivity contribution in [1.82, 2.24) is 15.5 Å². The Labute approximate surface area is 125 Å². The molecule has 21 heavy (non-hydrogen) atoms. The molecule has 0 aromatic rings. The third kappa shape index (κ3) is 3.85. The molecule has 0 spiro atoms. The van der Waals surface area contributed by atoms with Gasteiger partial charge in [-0.25, -0.2) is 0 Å². The number of carbonyl (C=O) groups excluding carboxylic acids is 2. The van der Waals surface area contributed by atoms with Crippen molar-refractivity contribution in [3.05, 3.63) is 23.9 Å². The highest BCUT2D eigenvalue weighted by Crippen LogP contribution is 2.19. The molecule has 0 aromatic carbocycles. The number of dihydropyridines is 1. The van der Waals surface area contributed by atoms with Crippen LogP contribution in [0.25, 0.3) is 0 Å². The summed E-state index contributed by atoms with van der Waals surface area (Å²) in [5, 5.41) is 6.38. The zero-order chi connectivity index (χ0) is 15.2. The van der Waals surface area contributed by atoms with Gasteiger partial charge in [-0.15, -0.1) is 0 Å². The monoisotopic (exact) mass is 292 g/mol. The van der Waals surface area contributed by atoms with Crippen LogP contribution in [0.1, 0.15) is 32.6 Å². The number of hydrogen-bond donors (Lipinski definition) is 3. The fraction of sp³-hybridized carbons (Fsp3) is 0.600. The molecule has 2 amide bonds. The Morgan fingerprint density at radius 2 is 2.10 bits per heavy atom. The minimum Gasteiger partial charge on any atom is -0.364 e. The van der Waals surface area contributed by atoms with Gasteiger partial charge in [-0.2, -0.15) is 0 Å². The smallest absolute Gasteiger partial charge is 0.264 e. The van der Waals surface area contributed by atoms with Crippen LogP contribution in [0.4, 0.5) is 0 Å². The summed E-state index contributed by atoms with van der Waals surface area (Å²) in [6.45, 7) is 3.82. The Morgan fingerprint density at radius 1 is 1.38 bits per heavy atom. The Bertz CT molecular complexity index is 453. The van der Waals surface area contributed by atoms with Crippen molar-refractivity contribution in [1.29, 1.82) is 0 Å². The van der Waals surface area contributed by atoms with Crippen molar-refractivity contribution < 1.29 is 9.59 Å². The zero-order valence-corrected chi connectivity index (χ0v) is 12.5. The summed E-state index contributed by atoms with van der Waals surface area (Å²) in [6.07, 6.45) is 8.23. The second-order valence-corrected chi connectivity index (χ2v) is 5.45. The number of carbonyl (C=O) groups is 2. The van der Waals surface area contributed by atoms with Gasteiger partial charge < -0.3 is 21.3 Å². The van der Waals surface area contributed by atoms with Crippen LogP contribution in [0.2, 0.25) is 0 Å². The summed E-state index contributed by atoms with van der Waals surface area (Å²) < 4.78 is 0. The van der Waals surface area contributed by atoms with Crippen LogP contribution in [0, 0.1) is 0 Å². The lowest BCUT2D eigenvalue weighted by Crippen LogP contribution is -2.56. The van der Waals surface area contributed by atoms with E-state index in [1.54, 1.807) is 12.2 Å².